The molecule has 0 saturated carbocycles. The largest absolute Gasteiger partial charge is 0.507 e. The summed E-state index contributed by atoms with van der Waals surface area (Å²) < 4.78 is 0. The van der Waals surface area contributed by atoms with Crippen molar-refractivity contribution in [3.8, 4) is 5.75 Å². The number of halogens is 1. The molecule has 1 aromatic carbocycles. The van der Waals surface area contributed by atoms with Gasteiger partial charge in [-0.2, -0.15) is 0 Å². The normalized spacial score (nSPS) is 14.3. The maximum Gasteiger partial charge on any atom is 0.354 e. The van der Waals surface area contributed by atoms with Crippen LogP contribution in [0.3, 0.4) is 0 Å². The van der Waals surface area contributed by atoms with Gasteiger partial charge in [0.15, 0.2) is 0 Å². The molecule has 2 N–H and O–H groups in total. The molecule has 1 heterocycles. The number of phenolic OH excluding ortho intramolecular Hbond substituents is 1. The molecule has 0 bridgehead atoms. The lowest BCUT2D eigenvalue weighted by molar-refractivity contribution is 0.0690. The molecule has 1 aliphatic rings. The molecule has 0 amide bonds. The van der Waals surface area contributed by atoms with Crippen LogP contribution >= 0.6 is 11.6 Å². The van der Waals surface area contributed by atoms with Crippen molar-refractivity contribution >= 4 is 28.7 Å². The zero-order valence-electron chi connectivity index (χ0n) is 12.6. The fourth-order valence-corrected chi connectivity index (χ4v) is 3.12. The molecule has 5 heteroatoms. The first-order chi connectivity index (χ1) is 11.0. The van der Waals surface area contributed by atoms with Crippen LogP contribution in [0.15, 0.2) is 30.3 Å². The quantitative estimate of drug-likeness (QED) is 0.867. The predicted molar refractivity (Wildman–Crippen MR) is 89.7 cm³/mol. The summed E-state index contributed by atoms with van der Waals surface area (Å²) in [5, 5.41) is 20.0. The lowest BCUT2D eigenvalue weighted by Gasteiger charge is -2.12. The number of aromatic nitrogens is 1. The average molecular weight is 330 g/mol. The monoisotopic (exact) mass is 329 g/mol. The number of rotatable bonds is 3. The number of hydrogen-bond donors (Lipinski definition) is 2. The fourth-order valence-electron chi connectivity index (χ4n) is 2.95. The molecular weight excluding hydrogens is 314 g/mol. The van der Waals surface area contributed by atoms with Crippen molar-refractivity contribution in [3.05, 3.63) is 57.9 Å². The van der Waals surface area contributed by atoms with E-state index in [-0.39, 0.29) is 11.4 Å². The van der Waals surface area contributed by atoms with Gasteiger partial charge < -0.3 is 10.2 Å². The van der Waals surface area contributed by atoms with E-state index in [1.807, 2.05) is 6.92 Å². The average Bonchev–Trinajstić information content (AvgIpc) is 3.00. The van der Waals surface area contributed by atoms with Gasteiger partial charge in [-0.25, -0.2) is 9.78 Å². The Bertz CT molecular complexity index is 827. The fraction of sp³-hybridized carbons (Fsp3) is 0.222. The molecule has 1 aliphatic carbocycles. The van der Waals surface area contributed by atoms with Gasteiger partial charge in [-0.3, -0.25) is 0 Å². The van der Waals surface area contributed by atoms with Crippen molar-refractivity contribution in [2.24, 2.45) is 0 Å². The first-order valence-corrected chi connectivity index (χ1v) is 7.77. The third-order valence-electron chi connectivity index (χ3n) is 4.10. The number of allylic oxidation sites excluding steroid dienone is 2. The van der Waals surface area contributed by atoms with Gasteiger partial charge >= 0.3 is 5.97 Å². The highest BCUT2D eigenvalue weighted by atomic mass is 35.5. The first-order valence-electron chi connectivity index (χ1n) is 7.39. The number of nitrogens with zero attached hydrogens (tertiary/aromatic N) is 1. The van der Waals surface area contributed by atoms with Crippen molar-refractivity contribution in [3.63, 3.8) is 0 Å². The van der Waals surface area contributed by atoms with Crippen LogP contribution in [0.5, 0.6) is 5.75 Å². The molecule has 0 unspecified atom stereocenters. The number of carboxylic acid groups (broad SMARTS) is 1. The lowest BCUT2D eigenvalue weighted by atomic mass is 9.98. The molecule has 0 atom stereocenters. The number of aryl methyl sites for hydroxylation is 1. The van der Waals surface area contributed by atoms with Gasteiger partial charge in [-0.15, -0.1) is 0 Å². The van der Waals surface area contributed by atoms with E-state index in [0.29, 0.717) is 16.3 Å². The SMILES string of the molecule is Cc1cc(O)c(C2=C(c3cccc(C(=O)O)n3)CCC2)cc1Cl. The number of benzene rings is 1. The smallest absolute Gasteiger partial charge is 0.354 e. The molecule has 4 nitrogen and oxygen atoms in total. The van der Waals surface area contributed by atoms with Crippen molar-refractivity contribution in [2.75, 3.05) is 0 Å². The van der Waals surface area contributed by atoms with E-state index in [4.69, 9.17) is 16.7 Å². The second-order valence-corrected chi connectivity index (χ2v) is 6.05. The van der Waals surface area contributed by atoms with E-state index in [0.717, 1.165) is 36.0 Å². The highest BCUT2D eigenvalue weighted by molar-refractivity contribution is 6.31. The van der Waals surface area contributed by atoms with Crippen LogP contribution < -0.4 is 0 Å². The van der Waals surface area contributed by atoms with Crippen molar-refractivity contribution in [1.82, 2.24) is 4.98 Å². The molecule has 0 spiro atoms. The van der Waals surface area contributed by atoms with Crippen LogP contribution in [0.1, 0.15) is 46.6 Å². The molecule has 0 saturated heterocycles. The molecule has 3 rings (SSSR count). The van der Waals surface area contributed by atoms with E-state index >= 15 is 0 Å². The maximum absolute atomic E-state index is 11.1. The van der Waals surface area contributed by atoms with Gasteiger partial charge in [-0.1, -0.05) is 17.7 Å². The van der Waals surface area contributed by atoms with Crippen LogP contribution in [0.2, 0.25) is 5.02 Å². The number of carbonyl (C=O) groups is 1. The first kappa shape index (κ1) is 15.6. The lowest BCUT2D eigenvalue weighted by Crippen LogP contribution is -2.02. The number of carboxylic acids is 1. The number of phenols is 1. The van der Waals surface area contributed by atoms with E-state index in [1.165, 1.54) is 6.07 Å². The topological polar surface area (TPSA) is 70.4 Å². The molecule has 0 radical (unpaired) electrons. The maximum atomic E-state index is 11.1. The van der Waals surface area contributed by atoms with Crippen molar-refractivity contribution in [1.29, 1.82) is 0 Å². The third kappa shape index (κ3) is 2.94. The molecule has 118 valence electrons. The van der Waals surface area contributed by atoms with Crippen LogP contribution in [-0.4, -0.2) is 21.2 Å². The Morgan fingerprint density at radius 3 is 2.70 bits per heavy atom. The highest BCUT2D eigenvalue weighted by Gasteiger charge is 2.22. The summed E-state index contributed by atoms with van der Waals surface area (Å²) in [4.78, 5) is 15.3. The summed E-state index contributed by atoms with van der Waals surface area (Å²) in [5.74, 6) is -0.857. The molecule has 1 aromatic heterocycles. The van der Waals surface area contributed by atoms with E-state index in [1.54, 1.807) is 24.3 Å². The summed E-state index contributed by atoms with van der Waals surface area (Å²) in [6, 6.07) is 8.40. The molecular formula is C18H16ClNO3. The number of aromatic hydroxyl groups is 1. The Morgan fingerprint density at radius 2 is 1.96 bits per heavy atom. The Kier molecular flexibility index (Phi) is 4.09. The minimum Gasteiger partial charge on any atom is -0.507 e. The second-order valence-electron chi connectivity index (χ2n) is 5.64. The molecule has 0 fully saturated rings. The van der Waals surface area contributed by atoms with Crippen molar-refractivity contribution in [2.45, 2.75) is 26.2 Å². The van der Waals surface area contributed by atoms with Crippen LogP contribution in [0, 0.1) is 6.92 Å². The molecule has 0 aliphatic heterocycles. The minimum atomic E-state index is -1.05. The number of hydrogen-bond acceptors (Lipinski definition) is 3. The Morgan fingerprint density at radius 1 is 1.22 bits per heavy atom. The minimum absolute atomic E-state index is 0.0208. The van der Waals surface area contributed by atoms with Crippen molar-refractivity contribution < 1.29 is 15.0 Å². The standard InChI is InChI=1S/C18H16ClNO3/c1-10-8-17(21)13(9-14(10)19)11-4-2-5-12(11)15-6-3-7-16(20-15)18(22)23/h3,6-9,21H,2,4-5H2,1H3,(H,22,23). The zero-order valence-corrected chi connectivity index (χ0v) is 13.4. The number of aromatic carboxylic acids is 1. The molecule has 2 aromatic rings. The Hall–Kier alpha value is -2.33. The highest BCUT2D eigenvalue weighted by Crippen LogP contribution is 2.43. The van der Waals surface area contributed by atoms with Crippen LogP contribution in [0.4, 0.5) is 0 Å². The summed E-state index contributed by atoms with van der Waals surface area (Å²) in [6.07, 6.45) is 2.55. The second kappa shape index (κ2) is 6.05. The van der Waals surface area contributed by atoms with E-state index in [9.17, 15) is 9.90 Å². The Labute approximate surface area is 139 Å². The third-order valence-corrected chi connectivity index (χ3v) is 4.50. The number of pyridine rings is 1. The Balaban J connectivity index is 2.14. The van der Waals surface area contributed by atoms with Gasteiger partial charge in [-0.05, 0) is 67.2 Å². The van der Waals surface area contributed by atoms with Gasteiger partial charge in [0.1, 0.15) is 11.4 Å². The van der Waals surface area contributed by atoms with Gasteiger partial charge in [0, 0.05) is 10.6 Å². The van der Waals surface area contributed by atoms with Gasteiger partial charge in [0.25, 0.3) is 0 Å². The van der Waals surface area contributed by atoms with Gasteiger partial charge in [0.2, 0.25) is 0 Å². The molecule has 23 heavy (non-hydrogen) atoms. The van der Waals surface area contributed by atoms with Crippen LogP contribution in [0.25, 0.3) is 11.1 Å². The predicted octanol–water partition coefficient (Wildman–Crippen LogP) is 4.54. The van der Waals surface area contributed by atoms with Crippen LogP contribution in [-0.2, 0) is 0 Å². The van der Waals surface area contributed by atoms with Gasteiger partial charge in [0.05, 0.1) is 5.69 Å². The van der Waals surface area contributed by atoms with E-state index < -0.39 is 5.97 Å². The summed E-state index contributed by atoms with van der Waals surface area (Å²) >= 11 is 6.20. The summed E-state index contributed by atoms with van der Waals surface area (Å²) in [7, 11) is 0. The zero-order chi connectivity index (χ0) is 16.6. The summed E-state index contributed by atoms with van der Waals surface area (Å²) in [6.45, 7) is 1.84. The van der Waals surface area contributed by atoms with E-state index in [2.05, 4.69) is 4.98 Å². The summed E-state index contributed by atoms with van der Waals surface area (Å²) in [5.41, 5.74) is 4.15.